The molecule has 1 amide bonds. The second-order valence-corrected chi connectivity index (χ2v) is 6.22. The van der Waals surface area contributed by atoms with E-state index in [1.54, 1.807) is 24.2 Å². The normalized spacial score (nSPS) is 13.3. The monoisotopic (exact) mass is 349 g/mol. The first-order chi connectivity index (χ1) is 12.7. The second-order valence-electron chi connectivity index (χ2n) is 6.22. The minimum atomic E-state index is -0.0656. The fourth-order valence-electron chi connectivity index (χ4n) is 2.90. The quantitative estimate of drug-likeness (QED) is 0.722. The predicted molar refractivity (Wildman–Crippen MR) is 94.5 cm³/mol. The van der Waals surface area contributed by atoms with Crippen molar-refractivity contribution in [1.29, 1.82) is 0 Å². The molecule has 0 saturated heterocycles. The molecule has 26 heavy (non-hydrogen) atoms. The van der Waals surface area contributed by atoms with Crippen molar-refractivity contribution in [3.05, 3.63) is 71.4 Å². The van der Waals surface area contributed by atoms with Crippen LogP contribution >= 0.6 is 0 Å². The molecule has 0 atom stereocenters. The summed E-state index contributed by atoms with van der Waals surface area (Å²) in [4.78, 5) is 22.6. The Morgan fingerprint density at radius 1 is 1.15 bits per heavy atom. The third-order valence-electron chi connectivity index (χ3n) is 4.32. The zero-order valence-corrected chi connectivity index (χ0v) is 14.5. The molecule has 7 nitrogen and oxygen atoms in total. The lowest BCUT2D eigenvalue weighted by atomic mass is 10.2. The SMILES string of the molecule is Cc1ncc(C(=O)N2CCn3nc(OCc4ccccc4)cc3C2)cn1. The Bertz CT molecular complexity index is 905. The fraction of sp³-hybridized carbons (Fsp3) is 0.263. The summed E-state index contributed by atoms with van der Waals surface area (Å²) in [6, 6.07) is 11.9. The topological polar surface area (TPSA) is 73.1 Å². The van der Waals surface area contributed by atoms with E-state index < -0.39 is 0 Å². The van der Waals surface area contributed by atoms with Crippen LogP contribution in [0.25, 0.3) is 0 Å². The molecule has 1 aromatic carbocycles. The number of nitrogens with zero attached hydrogens (tertiary/aromatic N) is 5. The Kier molecular flexibility index (Phi) is 4.35. The molecule has 0 bridgehead atoms. The second kappa shape index (κ2) is 6.95. The van der Waals surface area contributed by atoms with Gasteiger partial charge < -0.3 is 9.64 Å². The van der Waals surface area contributed by atoms with Crippen molar-refractivity contribution >= 4 is 5.91 Å². The van der Waals surface area contributed by atoms with Gasteiger partial charge in [0.05, 0.1) is 24.3 Å². The maximum Gasteiger partial charge on any atom is 0.257 e. The summed E-state index contributed by atoms with van der Waals surface area (Å²) in [7, 11) is 0. The number of carbonyl (C=O) groups excluding carboxylic acids is 1. The van der Waals surface area contributed by atoms with E-state index in [1.807, 2.05) is 41.1 Å². The van der Waals surface area contributed by atoms with Crippen LogP contribution < -0.4 is 4.74 Å². The zero-order valence-electron chi connectivity index (χ0n) is 14.5. The van der Waals surface area contributed by atoms with E-state index in [-0.39, 0.29) is 5.91 Å². The predicted octanol–water partition coefficient (Wildman–Crippen LogP) is 2.22. The number of amides is 1. The van der Waals surface area contributed by atoms with Crippen LogP contribution in [0.15, 0.2) is 48.8 Å². The lowest BCUT2D eigenvalue weighted by Crippen LogP contribution is -2.38. The first-order valence-corrected chi connectivity index (χ1v) is 8.50. The molecule has 1 aliphatic heterocycles. The van der Waals surface area contributed by atoms with Crippen molar-refractivity contribution in [2.24, 2.45) is 0 Å². The molecule has 7 heteroatoms. The molecule has 0 saturated carbocycles. The van der Waals surface area contributed by atoms with E-state index >= 15 is 0 Å². The highest BCUT2D eigenvalue weighted by molar-refractivity contribution is 5.93. The molecule has 2 aromatic heterocycles. The van der Waals surface area contributed by atoms with E-state index in [4.69, 9.17) is 4.74 Å². The van der Waals surface area contributed by atoms with Crippen LogP contribution in [0, 0.1) is 6.92 Å². The molecular formula is C19H19N5O2. The smallest absolute Gasteiger partial charge is 0.257 e. The average Bonchev–Trinajstić information content (AvgIpc) is 3.09. The van der Waals surface area contributed by atoms with Crippen LogP contribution in [0.3, 0.4) is 0 Å². The van der Waals surface area contributed by atoms with E-state index in [1.165, 1.54) is 0 Å². The van der Waals surface area contributed by atoms with Crippen LogP contribution in [-0.2, 0) is 19.7 Å². The summed E-state index contributed by atoms with van der Waals surface area (Å²) in [5.74, 6) is 1.17. The molecule has 0 N–H and O–H groups in total. The van der Waals surface area contributed by atoms with Crippen LogP contribution in [0.4, 0.5) is 0 Å². The van der Waals surface area contributed by atoms with E-state index in [9.17, 15) is 4.79 Å². The van der Waals surface area contributed by atoms with Crippen LogP contribution in [0.2, 0.25) is 0 Å². The number of benzene rings is 1. The molecule has 0 fully saturated rings. The first-order valence-electron chi connectivity index (χ1n) is 8.50. The lowest BCUT2D eigenvalue weighted by molar-refractivity contribution is 0.0705. The van der Waals surface area contributed by atoms with Gasteiger partial charge in [0.2, 0.25) is 5.88 Å². The molecule has 0 spiro atoms. The Hall–Kier alpha value is -3.22. The van der Waals surface area contributed by atoms with Crippen molar-refractivity contribution < 1.29 is 9.53 Å². The van der Waals surface area contributed by atoms with Gasteiger partial charge in [0, 0.05) is 25.0 Å². The van der Waals surface area contributed by atoms with E-state index in [0.717, 1.165) is 11.3 Å². The Balaban J connectivity index is 1.43. The number of carbonyl (C=O) groups is 1. The van der Waals surface area contributed by atoms with Crippen molar-refractivity contribution in [3.8, 4) is 5.88 Å². The Morgan fingerprint density at radius 3 is 2.69 bits per heavy atom. The molecule has 4 rings (SSSR count). The van der Waals surface area contributed by atoms with Crippen LogP contribution in [0.5, 0.6) is 5.88 Å². The minimum absolute atomic E-state index is 0.0656. The molecule has 0 radical (unpaired) electrons. The van der Waals surface area contributed by atoms with Gasteiger partial charge in [0.15, 0.2) is 0 Å². The number of fused-ring (bicyclic) bond motifs is 1. The third kappa shape index (κ3) is 3.42. The van der Waals surface area contributed by atoms with Gasteiger partial charge in [-0.2, -0.15) is 0 Å². The average molecular weight is 349 g/mol. The fourth-order valence-corrected chi connectivity index (χ4v) is 2.90. The largest absolute Gasteiger partial charge is 0.472 e. The molecule has 1 aliphatic rings. The van der Waals surface area contributed by atoms with Gasteiger partial charge in [-0.15, -0.1) is 5.10 Å². The first kappa shape index (κ1) is 16.3. The van der Waals surface area contributed by atoms with Gasteiger partial charge in [-0.05, 0) is 12.5 Å². The molecule has 3 aromatic rings. The van der Waals surface area contributed by atoms with Crippen molar-refractivity contribution in [2.75, 3.05) is 6.54 Å². The number of hydrogen-bond acceptors (Lipinski definition) is 5. The van der Waals surface area contributed by atoms with Crippen molar-refractivity contribution in [1.82, 2.24) is 24.6 Å². The van der Waals surface area contributed by atoms with Crippen molar-refractivity contribution in [3.63, 3.8) is 0 Å². The van der Waals surface area contributed by atoms with Gasteiger partial charge in [-0.3, -0.25) is 9.48 Å². The number of rotatable bonds is 4. The van der Waals surface area contributed by atoms with Gasteiger partial charge in [0.1, 0.15) is 12.4 Å². The lowest BCUT2D eigenvalue weighted by Gasteiger charge is -2.27. The summed E-state index contributed by atoms with van der Waals surface area (Å²) in [6.07, 6.45) is 3.15. The van der Waals surface area contributed by atoms with Gasteiger partial charge >= 0.3 is 0 Å². The maximum atomic E-state index is 12.6. The summed E-state index contributed by atoms with van der Waals surface area (Å²) in [5, 5.41) is 4.48. The Labute approximate surface area is 151 Å². The molecule has 0 aliphatic carbocycles. The van der Waals surface area contributed by atoms with Gasteiger partial charge in [-0.25, -0.2) is 9.97 Å². The number of ether oxygens (including phenoxy) is 1. The summed E-state index contributed by atoms with van der Waals surface area (Å²) < 4.78 is 7.68. The highest BCUT2D eigenvalue weighted by Gasteiger charge is 2.24. The van der Waals surface area contributed by atoms with Gasteiger partial charge in [-0.1, -0.05) is 30.3 Å². The Morgan fingerprint density at radius 2 is 1.92 bits per heavy atom. The van der Waals surface area contributed by atoms with Crippen LogP contribution in [-0.4, -0.2) is 37.1 Å². The standard InChI is InChI=1S/C19H19N5O2/c1-14-20-10-16(11-21-14)19(25)23-7-8-24-17(12-23)9-18(22-24)26-13-15-5-3-2-4-6-15/h2-6,9-11H,7-8,12-13H2,1H3. The summed E-state index contributed by atoms with van der Waals surface area (Å²) >= 11 is 0. The van der Waals surface area contributed by atoms with Gasteiger partial charge in [0.25, 0.3) is 5.91 Å². The number of aromatic nitrogens is 4. The van der Waals surface area contributed by atoms with E-state index in [2.05, 4.69) is 15.1 Å². The minimum Gasteiger partial charge on any atom is -0.472 e. The van der Waals surface area contributed by atoms with Crippen molar-refractivity contribution in [2.45, 2.75) is 26.6 Å². The number of aryl methyl sites for hydroxylation is 1. The third-order valence-corrected chi connectivity index (χ3v) is 4.32. The number of hydrogen-bond donors (Lipinski definition) is 0. The van der Waals surface area contributed by atoms with E-state index in [0.29, 0.717) is 43.5 Å². The maximum absolute atomic E-state index is 12.6. The molecule has 132 valence electrons. The highest BCUT2D eigenvalue weighted by atomic mass is 16.5. The highest BCUT2D eigenvalue weighted by Crippen LogP contribution is 2.20. The summed E-state index contributed by atoms with van der Waals surface area (Å²) in [6.45, 7) is 4.00. The molecule has 0 unspecified atom stereocenters. The van der Waals surface area contributed by atoms with Crippen LogP contribution in [0.1, 0.15) is 27.4 Å². The molecule has 3 heterocycles. The molecular weight excluding hydrogens is 330 g/mol. The zero-order chi connectivity index (χ0) is 17.9. The summed E-state index contributed by atoms with van der Waals surface area (Å²) in [5.41, 5.74) is 2.56.